The van der Waals surface area contributed by atoms with Crippen molar-refractivity contribution >= 4 is 5.97 Å². The number of allylic oxidation sites excluding steroid dienone is 1. The summed E-state index contributed by atoms with van der Waals surface area (Å²) in [6.45, 7) is 7.06. The first-order valence-corrected chi connectivity index (χ1v) is 11.3. The van der Waals surface area contributed by atoms with Crippen LogP contribution >= 0.6 is 0 Å². The van der Waals surface area contributed by atoms with Crippen LogP contribution in [0.4, 0.5) is 0 Å². The third kappa shape index (κ3) is 2.87. The van der Waals surface area contributed by atoms with E-state index < -0.39 is 0 Å². The zero-order valence-corrected chi connectivity index (χ0v) is 17.1. The van der Waals surface area contributed by atoms with E-state index in [1.807, 2.05) is 6.92 Å². The summed E-state index contributed by atoms with van der Waals surface area (Å²) in [6, 6.07) is 0. The van der Waals surface area contributed by atoms with Gasteiger partial charge in [-0.15, -0.1) is 0 Å². The van der Waals surface area contributed by atoms with Gasteiger partial charge in [0.1, 0.15) is 0 Å². The Morgan fingerprint density at radius 2 is 1.77 bits per heavy atom. The Balaban J connectivity index is 1.50. The first-order chi connectivity index (χ1) is 12.5. The minimum Gasteiger partial charge on any atom is -0.435 e. The van der Waals surface area contributed by atoms with Gasteiger partial charge in [0.2, 0.25) is 0 Å². The molecule has 0 bridgehead atoms. The molecule has 0 aromatic rings. The average Bonchev–Trinajstić information content (AvgIpc) is 2.97. The predicted octanol–water partition coefficient (Wildman–Crippen LogP) is 6.50. The zero-order chi connectivity index (χ0) is 18.4. The Morgan fingerprint density at radius 1 is 0.962 bits per heavy atom. The molecular formula is C24H38O2. The summed E-state index contributed by atoms with van der Waals surface area (Å²) in [5.74, 6) is 4.29. The third-order valence-corrected chi connectivity index (χ3v) is 9.46. The molecular weight excluding hydrogens is 320 g/mol. The molecule has 0 aromatic carbocycles. The number of carbonyl (C=O) groups is 1. The number of carbonyl (C=O) groups excluding carboxylic acids is 1. The van der Waals surface area contributed by atoms with Gasteiger partial charge in [0.05, 0.1) is 6.26 Å². The number of ether oxygens (including phenoxy) is 1. The monoisotopic (exact) mass is 358 g/mol. The molecule has 0 radical (unpaired) electrons. The van der Waals surface area contributed by atoms with E-state index in [0.29, 0.717) is 23.2 Å². The standard InChI is InChI=1S/C24H38O2/c1-4-22(25)26-16-13-18-9-11-20-19-10-8-17-7-5-6-14-23(17,2)21(19)12-15-24(18,20)3/h13,16-21H,4-12,14-15H2,1-3H3/t17?,18-,19+,20+,21+,23+,24-/m1/s1. The highest BCUT2D eigenvalue weighted by Gasteiger charge is 2.59. The summed E-state index contributed by atoms with van der Waals surface area (Å²) < 4.78 is 5.25. The van der Waals surface area contributed by atoms with E-state index in [4.69, 9.17) is 4.74 Å². The average molecular weight is 359 g/mol. The topological polar surface area (TPSA) is 26.3 Å². The van der Waals surface area contributed by atoms with Gasteiger partial charge in [0, 0.05) is 6.42 Å². The summed E-state index contributed by atoms with van der Waals surface area (Å²) in [4.78, 5) is 11.4. The largest absolute Gasteiger partial charge is 0.435 e. The van der Waals surface area contributed by atoms with Gasteiger partial charge >= 0.3 is 5.97 Å². The fourth-order valence-corrected chi connectivity index (χ4v) is 7.95. The molecule has 4 rings (SSSR count). The Labute approximate surface area is 160 Å². The van der Waals surface area contributed by atoms with Crippen LogP contribution in [0.1, 0.15) is 91.4 Å². The lowest BCUT2D eigenvalue weighted by atomic mass is 9.45. The molecule has 4 aliphatic rings. The normalized spacial score (nSPS) is 47.9. The van der Waals surface area contributed by atoms with E-state index in [1.54, 1.807) is 6.26 Å². The Hall–Kier alpha value is -0.790. The van der Waals surface area contributed by atoms with Crippen LogP contribution in [0.2, 0.25) is 0 Å². The highest BCUT2D eigenvalue weighted by Crippen LogP contribution is 2.67. The fraction of sp³-hybridized carbons (Fsp3) is 0.875. The van der Waals surface area contributed by atoms with E-state index in [-0.39, 0.29) is 5.97 Å². The minimum absolute atomic E-state index is 0.117. The van der Waals surface area contributed by atoms with Crippen molar-refractivity contribution in [2.24, 2.45) is 40.4 Å². The minimum atomic E-state index is -0.117. The maximum absolute atomic E-state index is 11.4. The summed E-state index contributed by atoms with van der Waals surface area (Å²) in [5.41, 5.74) is 1.06. The van der Waals surface area contributed by atoms with E-state index in [0.717, 1.165) is 23.7 Å². The van der Waals surface area contributed by atoms with Gasteiger partial charge < -0.3 is 4.74 Å². The molecule has 4 saturated carbocycles. The molecule has 0 spiro atoms. The van der Waals surface area contributed by atoms with E-state index in [1.165, 1.54) is 64.2 Å². The van der Waals surface area contributed by atoms with Crippen LogP contribution in [-0.2, 0) is 9.53 Å². The number of fused-ring (bicyclic) bond motifs is 5. The first-order valence-electron chi connectivity index (χ1n) is 11.3. The molecule has 0 heterocycles. The van der Waals surface area contributed by atoms with Crippen LogP contribution in [0.25, 0.3) is 0 Å². The van der Waals surface area contributed by atoms with Crippen molar-refractivity contribution in [3.05, 3.63) is 12.3 Å². The van der Waals surface area contributed by atoms with Crippen molar-refractivity contribution in [3.63, 3.8) is 0 Å². The van der Waals surface area contributed by atoms with Crippen molar-refractivity contribution in [2.45, 2.75) is 91.4 Å². The summed E-state index contributed by atoms with van der Waals surface area (Å²) in [7, 11) is 0. The number of esters is 1. The fourth-order valence-electron chi connectivity index (χ4n) is 7.95. The lowest BCUT2D eigenvalue weighted by Crippen LogP contribution is -2.52. The van der Waals surface area contributed by atoms with Crippen molar-refractivity contribution < 1.29 is 9.53 Å². The molecule has 26 heavy (non-hydrogen) atoms. The molecule has 0 amide bonds. The van der Waals surface area contributed by atoms with Gasteiger partial charge in [-0.25, -0.2) is 0 Å². The molecule has 4 aliphatic carbocycles. The lowest BCUT2D eigenvalue weighted by molar-refractivity contribution is -0.137. The van der Waals surface area contributed by atoms with Crippen molar-refractivity contribution in [1.29, 1.82) is 0 Å². The van der Waals surface area contributed by atoms with Crippen molar-refractivity contribution in [1.82, 2.24) is 0 Å². The van der Waals surface area contributed by atoms with Crippen LogP contribution in [0, 0.1) is 40.4 Å². The summed E-state index contributed by atoms with van der Waals surface area (Å²) in [5, 5.41) is 0. The van der Waals surface area contributed by atoms with Gasteiger partial charge in [-0.1, -0.05) is 33.6 Å². The molecule has 7 atom stereocenters. The molecule has 4 fully saturated rings. The van der Waals surface area contributed by atoms with Crippen LogP contribution in [0.15, 0.2) is 12.3 Å². The van der Waals surface area contributed by atoms with Crippen LogP contribution in [-0.4, -0.2) is 5.97 Å². The summed E-state index contributed by atoms with van der Waals surface area (Å²) in [6.07, 6.45) is 18.7. The third-order valence-electron chi connectivity index (χ3n) is 9.46. The Morgan fingerprint density at radius 3 is 2.58 bits per heavy atom. The molecule has 146 valence electrons. The molecule has 0 aliphatic heterocycles. The van der Waals surface area contributed by atoms with Gasteiger partial charge in [0.25, 0.3) is 0 Å². The molecule has 2 heteroatoms. The molecule has 1 unspecified atom stereocenters. The van der Waals surface area contributed by atoms with Gasteiger partial charge in [-0.2, -0.15) is 0 Å². The number of rotatable bonds is 3. The van der Waals surface area contributed by atoms with Gasteiger partial charge in [-0.05, 0) is 97.9 Å². The molecule has 0 N–H and O–H groups in total. The van der Waals surface area contributed by atoms with Gasteiger partial charge in [0.15, 0.2) is 0 Å². The second-order valence-corrected chi connectivity index (χ2v) is 10.3. The van der Waals surface area contributed by atoms with Crippen molar-refractivity contribution in [3.8, 4) is 0 Å². The van der Waals surface area contributed by atoms with E-state index in [9.17, 15) is 4.79 Å². The molecule has 0 saturated heterocycles. The van der Waals surface area contributed by atoms with Gasteiger partial charge in [-0.3, -0.25) is 4.79 Å². The number of hydrogen-bond donors (Lipinski definition) is 0. The second-order valence-electron chi connectivity index (χ2n) is 10.3. The van der Waals surface area contributed by atoms with E-state index >= 15 is 0 Å². The first kappa shape index (κ1) is 18.6. The Bertz CT molecular complexity index is 567. The zero-order valence-electron chi connectivity index (χ0n) is 17.1. The smallest absolute Gasteiger partial charge is 0.310 e. The maximum Gasteiger partial charge on any atom is 0.310 e. The predicted molar refractivity (Wildman–Crippen MR) is 105 cm³/mol. The maximum atomic E-state index is 11.4. The van der Waals surface area contributed by atoms with E-state index in [2.05, 4.69) is 19.9 Å². The molecule has 2 nitrogen and oxygen atoms in total. The number of hydrogen-bond acceptors (Lipinski definition) is 2. The quantitative estimate of drug-likeness (QED) is 0.425. The van der Waals surface area contributed by atoms with Crippen LogP contribution in [0.3, 0.4) is 0 Å². The SMILES string of the molecule is CCC(=O)OC=C[C@H]1CC[C@H]2[C@@H]3CCC4CCCC[C@]4(C)[C@H]3CC[C@]12C. The summed E-state index contributed by atoms with van der Waals surface area (Å²) >= 11 is 0. The second kappa shape index (κ2) is 6.99. The van der Waals surface area contributed by atoms with Crippen molar-refractivity contribution in [2.75, 3.05) is 0 Å². The van der Waals surface area contributed by atoms with Crippen LogP contribution in [0.5, 0.6) is 0 Å². The highest BCUT2D eigenvalue weighted by atomic mass is 16.5. The lowest BCUT2D eigenvalue weighted by Gasteiger charge is -2.60. The highest BCUT2D eigenvalue weighted by molar-refractivity contribution is 5.69. The molecule has 0 aromatic heterocycles. The van der Waals surface area contributed by atoms with Crippen LogP contribution < -0.4 is 0 Å². The Kier molecular flexibility index (Phi) is 4.99.